The lowest BCUT2D eigenvalue weighted by molar-refractivity contribution is 0.0620. The van der Waals surface area contributed by atoms with Crippen molar-refractivity contribution < 1.29 is 13.2 Å². The van der Waals surface area contributed by atoms with E-state index in [-0.39, 0.29) is 5.75 Å². The molecule has 1 heterocycles. The molecule has 2 rings (SSSR count). The van der Waals surface area contributed by atoms with Crippen LogP contribution in [0, 0.1) is 5.92 Å². The summed E-state index contributed by atoms with van der Waals surface area (Å²) in [6.07, 6.45) is 1.86. The van der Waals surface area contributed by atoms with Crippen LogP contribution in [0.15, 0.2) is 24.3 Å². The van der Waals surface area contributed by atoms with E-state index in [9.17, 15) is 8.42 Å². The summed E-state index contributed by atoms with van der Waals surface area (Å²) in [5, 5.41) is 0. The zero-order valence-electron chi connectivity index (χ0n) is 12.5. The highest BCUT2D eigenvalue weighted by molar-refractivity contribution is 7.88. The summed E-state index contributed by atoms with van der Waals surface area (Å²) in [5.41, 5.74) is 7.35. The van der Waals surface area contributed by atoms with Gasteiger partial charge in [-0.1, -0.05) is 24.3 Å². The van der Waals surface area contributed by atoms with Crippen LogP contribution < -0.4 is 5.73 Å². The summed E-state index contributed by atoms with van der Waals surface area (Å²) >= 11 is 0. The maximum Gasteiger partial charge on any atom is 0.218 e. The molecule has 1 aromatic carbocycles. The summed E-state index contributed by atoms with van der Waals surface area (Å²) in [4.78, 5) is 0. The molecule has 21 heavy (non-hydrogen) atoms. The molecule has 1 aliphatic rings. The number of hydrogen-bond acceptors (Lipinski definition) is 4. The van der Waals surface area contributed by atoms with Crippen molar-refractivity contribution in [2.24, 2.45) is 11.7 Å². The summed E-state index contributed by atoms with van der Waals surface area (Å²) < 4.78 is 31.8. The Balaban J connectivity index is 2.03. The van der Waals surface area contributed by atoms with Crippen molar-refractivity contribution in [3.8, 4) is 0 Å². The molecule has 0 bridgehead atoms. The molecule has 2 N–H and O–H groups in total. The molecule has 1 saturated heterocycles. The van der Waals surface area contributed by atoms with Gasteiger partial charge in [0.1, 0.15) is 0 Å². The highest BCUT2D eigenvalue weighted by Crippen LogP contribution is 2.19. The van der Waals surface area contributed by atoms with Crippen LogP contribution in [0.25, 0.3) is 0 Å². The van der Waals surface area contributed by atoms with Crippen molar-refractivity contribution in [1.29, 1.82) is 0 Å². The van der Waals surface area contributed by atoms with Crippen molar-refractivity contribution >= 4 is 10.0 Å². The van der Waals surface area contributed by atoms with E-state index in [0.29, 0.717) is 19.0 Å². The zero-order chi connectivity index (χ0) is 15.3. The maximum absolute atomic E-state index is 12.5. The standard InChI is InChI=1S/C15H24N2O3S/c1-17(11-13-6-8-20-9-7-13)21(18,19)12-15-5-3-2-4-14(15)10-16/h2-5,13H,6-12,16H2,1H3. The Kier molecular flexibility index (Phi) is 5.75. The molecule has 0 unspecified atom stereocenters. The van der Waals surface area contributed by atoms with E-state index in [1.165, 1.54) is 4.31 Å². The molecule has 0 aliphatic carbocycles. The predicted molar refractivity (Wildman–Crippen MR) is 83.1 cm³/mol. The average Bonchev–Trinajstić information content (AvgIpc) is 2.48. The summed E-state index contributed by atoms with van der Waals surface area (Å²) in [6.45, 7) is 2.38. The second-order valence-electron chi connectivity index (χ2n) is 5.57. The van der Waals surface area contributed by atoms with Gasteiger partial charge in [-0.25, -0.2) is 12.7 Å². The number of nitrogens with zero attached hydrogens (tertiary/aromatic N) is 1. The van der Waals surface area contributed by atoms with E-state index in [0.717, 1.165) is 37.2 Å². The van der Waals surface area contributed by atoms with Crippen LogP contribution in [-0.4, -0.2) is 39.5 Å². The molecular formula is C15H24N2O3S. The largest absolute Gasteiger partial charge is 0.381 e. The molecule has 1 fully saturated rings. The van der Waals surface area contributed by atoms with E-state index in [1.807, 2.05) is 24.3 Å². The van der Waals surface area contributed by atoms with Crippen molar-refractivity contribution in [3.63, 3.8) is 0 Å². The van der Waals surface area contributed by atoms with E-state index < -0.39 is 10.0 Å². The molecule has 118 valence electrons. The third-order valence-corrected chi connectivity index (χ3v) is 5.78. The molecule has 6 heteroatoms. The fourth-order valence-corrected chi connectivity index (χ4v) is 3.94. The summed E-state index contributed by atoms with van der Waals surface area (Å²) in [7, 11) is -1.65. The number of rotatable bonds is 6. The molecule has 0 amide bonds. The Morgan fingerprint density at radius 3 is 2.48 bits per heavy atom. The molecule has 1 aromatic rings. The van der Waals surface area contributed by atoms with Gasteiger partial charge in [0.15, 0.2) is 0 Å². The molecule has 0 spiro atoms. The minimum atomic E-state index is -3.31. The van der Waals surface area contributed by atoms with Gasteiger partial charge >= 0.3 is 0 Å². The monoisotopic (exact) mass is 312 g/mol. The predicted octanol–water partition coefficient (Wildman–Crippen LogP) is 1.33. The van der Waals surface area contributed by atoms with Gasteiger partial charge in [-0.15, -0.1) is 0 Å². The van der Waals surface area contributed by atoms with Crippen LogP contribution in [-0.2, 0) is 27.1 Å². The Bertz CT molecular complexity index is 554. The smallest absolute Gasteiger partial charge is 0.218 e. The van der Waals surface area contributed by atoms with Gasteiger partial charge in [-0.3, -0.25) is 0 Å². The van der Waals surface area contributed by atoms with E-state index in [2.05, 4.69) is 0 Å². The Morgan fingerprint density at radius 1 is 1.24 bits per heavy atom. The van der Waals surface area contributed by atoms with Gasteiger partial charge in [0.25, 0.3) is 0 Å². The van der Waals surface area contributed by atoms with Crippen LogP contribution in [0.5, 0.6) is 0 Å². The van der Waals surface area contributed by atoms with Crippen LogP contribution in [0.2, 0.25) is 0 Å². The fraction of sp³-hybridized carbons (Fsp3) is 0.600. The molecule has 5 nitrogen and oxygen atoms in total. The topological polar surface area (TPSA) is 72.6 Å². The SMILES string of the molecule is CN(CC1CCOCC1)S(=O)(=O)Cc1ccccc1CN. The van der Waals surface area contributed by atoms with E-state index >= 15 is 0 Å². The van der Waals surface area contributed by atoms with Gasteiger partial charge in [-0.05, 0) is 29.9 Å². The first-order chi connectivity index (χ1) is 10.0. The third-order valence-electron chi connectivity index (χ3n) is 4.01. The molecule has 0 saturated carbocycles. The Labute approximate surface area is 127 Å². The first-order valence-corrected chi connectivity index (χ1v) is 8.92. The van der Waals surface area contributed by atoms with Gasteiger partial charge in [-0.2, -0.15) is 0 Å². The highest BCUT2D eigenvalue weighted by Gasteiger charge is 2.24. The lowest BCUT2D eigenvalue weighted by Crippen LogP contribution is -2.35. The molecule has 0 atom stereocenters. The van der Waals surface area contributed by atoms with Gasteiger partial charge in [0.2, 0.25) is 10.0 Å². The van der Waals surface area contributed by atoms with Gasteiger partial charge < -0.3 is 10.5 Å². The fourth-order valence-electron chi connectivity index (χ4n) is 2.61. The number of sulfonamides is 1. The Morgan fingerprint density at radius 2 is 1.86 bits per heavy atom. The van der Waals surface area contributed by atoms with Crippen molar-refractivity contribution in [3.05, 3.63) is 35.4 Å². The van der Waals surface area contributed by atoms with E-state index in [4.69, 9.17) is 10.5 Å². The lowest BCUT2D eigenvalue weighted by Gasteiger charge is -2.27. The first-order valence-electron chi connectivity index (χ1n) is 7.31. The van der Waals surface area contributed by atoms with E-state index in [1.54, 1.807) is 7.05 Å². The summed E-state index contributed by atoms with van der Waals surface area (Å²) in [6, 6.07) is 7.44. The maximum atomic E-state index is 12.5. The molecule has 1 aliphatic heterocycles. The molecular weight excluding hydrogens is 288 g/mol. The van der Waals surface area contributed by atoms with Crippen molar-refractivity contribution in [2.45, 2.75) is 25.1 Å². The van der Waals surface area contributed by atoms with Crippen LogP contribution in [0.4, 0.5) is 0 Å². The van der Waals surface area contributed by atoms with Gasteiger partial charge in [0.05, 0.1) is 5.75 Å². The van der Waals surface area contributed by atoms with Crippen molar-refractivity contribution in [2.75, 3.05) is 26.8 Å². The minimum Gasteiger partial charge on any atom is -0.381 e. The third kappa shape index (κ3) is 4.51. The number of benzene rings is 1. The van der Waals surface area contributed by atoms with Gasteiger partial charge in [0, 0.05) is 33.4 Å². The number of nitrogens with two attached hydrogens (primary N) is 1. The summed E-state index contributed by atoms with van der Waals surface area (Å²) in [5.74, 6) is 0.406. The van der Waals surface area contributed by atoms with Crippen LogP contribution in [0.3, 0.4) is 0 Å². The molecule has 0 aromatic heterocycles. The lowest BCUT2D eigenvalue weighted by atomic mass is 10.0. The number of ether oxygens (including phenoxy) is 1. The second-order valence-corrected chi connectivity index (χ2v) is 7.64. The molecule has 0 radical (unpaired) electrons. The normalized spacial score (nSPS) is 17.3. The van der Waals surface area contributed by atoms with Crippen LogP contribution >= 0.6 is 0 Å². The minimum absolute atomic E-state index is 0.0140. The van der Waals surface area contributed by atoms with Crippen molar-refractivity contribution in [1.82, 2.24) is 4.31 Å². The number of hydrogen-bond donors (Lipinski definition) is 1. The quantitative estimate of drug-likeness (QED) is 0.860. The Hall–Kier alpha value is -0.950. The highest BCUT2D eigenvalue weighted by atomic mass is 32.2. The van der Waals surface area contributed by atoms with Crippen LogP contribution in [0.1, 0.15) is 24.0 Å². The average molecular weight is 312 g/mol. The first kappa shape index (κ1) is 16.4. The zero-order valence-corrected chi connectivity index (χ0v) is 13.3. The second kappa shape index (κ2) is 7.35.